The van der Waals surface area contributed by atoms with E-state index in [1.165, 1.54) is 18.2 Å². The van der Waals surface area contributed by atoms with Crippen molar-refractivity contribution in [2.24, 2.45) is 0 Å². The van der Waals surface area contributed by atoms with Gasteiger partial charge in [-0.3, -0.25) is 9.36 Å². The van der Waals surface area contributed by atoms with Crippen molar-refractivity contribution < 1.29 is 14.3 Å². The number of carbonyl (C=O) groups is 1. The highest BCUT2D eigenvalue weighted by molar-refractivity contribution is 7.99. The molecule has 0 unspecified atom stereocenters. The molecule has 2 aromatic carbocycles. The monoisotopic (exact) mass is 438 g/mol. The van der Waals surface area contributed by atoms with Crippen molar-refractivity contribution in [2.75, 3.05) is 26.0 Å². The third-order valence-electron chi connectivity index (χ3n) is 5.17. The second kappa shape index (κ2) is 10.3. The zero-order valence-corrected chi connectivity index (χ0v) is 18.4. The first-order valence-corrected chi connectivity index (χ1v) is 11.4. The number of thioether (sulfide) groups is 1. The molecule has 7 nitrogen and oxygen atoms in total. The van der Waals surface area contributed by atoms with E-state index >= 15 is 0 Å². The van der Waals surface area contributed by atoms with Gasteiger partial charge in [0.05, 0.1) is 12.9 Å². The summed E-state index contributed by atoms with van der Waals surface area (Å²) in [4.78, 5) is 14.6. The van der Waals surface area contributed by atoms with Crippen LogP contribution < -0.4 is 9.47 Å². The van der Waals surface area contributed by atoms with E-state index in [0.717, 1.165) is 31.6 Å². The molecule has 162 valence electrons. The fraction of sp³-hybridized carbons (Fsp3) is 0.348. The van der Waals surface area contributed by atoms with Crippen molar-refractivity contribution >= 4 is 17.7 Å². The Morgan fingerprint density at radius 1 is 0.968 bits per heavy atom. The smallest absolute Gasteiger partial charge is 0.233 e. The van der Waals surface area contributed by atoms with Crippen molar-refractivity contribution in [2.45, 2.75) is 31.0 Å². The molecule has 4 rings (SSSR count). The average molecular weight is 439 g/mol. The molecular formula is C23H26N4O3S. The van der Waals surface area contributed by atoms with Gasteiger partial charge in [-0.1, -0.05) is 42.1 Å². The van der Waals surface area contributed by atoms with Gasteiger partial charge < -0.3 is 14.4 Å². The SMILES string of the molecule is COc1ccccc1OCc1nnc(SCC(=O)N2CCCCC2)n1-c1ccccc1. The topological polar surface area (TPSA) is 69.5 Å². The summed E-state index contributed by atoms with van der Waals surface area (Å²) >= 11 is 1.41. The summed E-state index contributed by atoms with van der Waals surface area (Å²) in [5, 5.41) is 9.39. The van der Waals surface area contributed by atoms with Crippen LogP contribution in [0.2, 0.25) is 0 Å². The van der Waals surface area contributed by atoms with Crippen molar-refractivity contribution in [1.29, 1.82) is 0 Å². The van der Waals surface area contributed by atoms with E-state index < -0.39 is 0 Å². The van der Waals surface area contributed by atoms with E-state index in [2.05, 4.69) is 10.2 Å². The fourth-order valence-corrected chi connectivity index (χ4v) is 4.44. The lowest BCUT2D eigenvalue weighted by Gasteiger charge is -2.26. The van der Waals surface area contributed by atoms with Crippen LogP contribution in [0.4, 0.5) is 0 Å². The minimum Gasteiger partial charge on any atom is -0.493 e. The zero-order valence-electron chi connectivity index (χ0n) is 17.6. The first-order chi connectivity index (χ1) is 15.3. The Balaban J connectivity index is 1.52. The molecule has 8 heteroatoms. The lowest BCUT2D eigenvalue weighted by Crippen LogP contribution is -2.36. The zero-order chi connectivity index (χ0) is 21.5. The van der Waals surface area contributed by atoms with Gasteiger partial charge in [0.15, 0.2) is 22.5 Å². The second-order valence-corrected chi connectivity index (χ2v) is 8.18. The number of para-hydroxylation sites is 3. The summed E-state index contributed by atoms with van der Waals surface area (Å²) in [5.41, 5.74) is 0.930. The highest BCUT2D eigenvalue weighted by Crippen LogP contribution is 2.28. The number of hydrogen-bond acceptors (Lipinski definition) is 6. The molecule has 2 heterocycles. The van der Waals surface area contributed by atoms with Gasteiger partial charge in [0, 0.05) is 18.8 Å². The summed E-state index contributed by atoms with van der Waals surface area (Å²) < 4.78 is 13.3. The van der Waals surface area contributed by atoms with Crippen LogP contribution in [0.3, 0.4) is 0 Å². The normalized spacial score (nSPS) is 13.8. The van der Waals surface area contributed by atoms with Crippen LogP contribution in [-0.4, -0.2) is 51.5 Å². The quantitative estimate of drug-likeness (QED) is 0.496. The van der Waals surface area contributed by atoms with Gasteiger partial charge in [0.2, 0.25) is 5.91 Å². The van der Waals surface area contributed by atoms with Crippen LogP contribution in [0.5, 0.6) is 11.5 Å². The number of piperidine rings is 1. The summed E-state index contributed by atoms with van der Waals surface area (Å²) in [6.45, 7) is 1.93. The van der Waals surface area contributed by atoms with Crippen LogP contribution in [0, 0.1) is 0 Å². The molecule has 1 saturated heterocycles. The molecule has 1 aromatic heterocycles. The lowest BCUT2D eigenvalue weighted by molar-refractivity contribution is -0.129. The molecule has 0 N–H and O–H groups in total. The Morgan fingerprint density at radius 2 is 1.68 bits per heavy atom. The van der Waals surface area contributed by atoms with Gasteiger partial charge >= 0.3 is 0 Å². The van der Waals surface area contributed by atoms with Crippen molar-refractivity contribution in [3.63, 3.8) is 0 Å². The molecule has 0 aliphatic carbocycles. The largest absolute Gasteiger partial charge is 0.493 e. The highest BCUT2D eigenvalue weighted by atomic mass is 32.2. The number of hydrogen-bond donors (Lipinski definition) is 0. The number of ether oxygens (including phenoxy) is 2. The highest BCUT2D eigenvalue weighted by Gasteiger charge is 2.20. The van der Waals surface area contributed by atoms with Crippen molar-refractivity contribution in [3.05, 3.63) is 60.4 Å². The van der Waals surface area contributed by atoms with Crippen molar-refractivity contribution in [1.82, 2.24) is 19.7 Å². The molecule has 0 saturated carbocycles. The number of methoxy groups -OCH3 is 1. The standard InChI is InChI=1S/C23H26N4O3S/c1-29-19-12-6-7-13-20(19)30-16-21-24-25-23(27(21)18-10-4-2-5-11-18)31-17-22(28)26-14-8-3-9-15-26/h2,4-7,10-13H,3,8-9,14-17H2,1H3. The molecule has 1 aliphatic heterocycles. The van der Waals surface area contributed by atoms with Crippen LogP contribution in [0.15, 0.2) is 59.8 Å². The minimum absolute atomic E-state index is 0.152. The molecule has 0 radical (unpaired) electrons. The third kappa shape index (κ3) is 5.19. The van der Waals surface area contributed by atoms with Gasteiger partial charge in [0.1, 0.15) is 6.61 Å². The molecule has 1 aliphatic rings. The first kappa shape index (κ1) is 21.2. The Hall–Kier alpha value is -3.00. The second-order valence-electron chi connectivity index (χ2n) is 7.24. The number of benzene rings is 2. The van der Waals surface area contributed by atoms with Gasteiger partial charge in [0.25, 0.3) is 0 Å². The Labute approximate surface area is 186 Å². The van der Waals surface area contributed by atoms with Gasteiger partial charge in [-0.25, -0.2) is 0 Å². The van der Waals surface area contributed by atoms with E-state index in [9.17, 15) is 4.79 Å². The predicted molar refractivity (Wildman–Crippen MR) is 120 cm³/mol. The average Bonchev–Trinajstić information content (AvgIpc) is 3.25. The summed E-state index contributed by atoms with van der Waals surface area (Å²) in [7, 11) is 1.61. The molecule has 3 aromatic rings. The Bertz CT molecular complexity index is 1000. The maximum absolute atomic E-state index is 12.6. The van der Waals surface area contributed by atoms with E-state index in [4.69, 9.17) is 9.47 Å². The summed E-state index contributed by atoms with van der Waals surface area (Å²) in [6, 6.07) is 17.4. The first-order valence-electron chi connectivity index (χ1n) is 10.4. The molecule has 1 fully saturated rings. The molecular weight excluding hydrogens is 412 g/mol. The van der Waals surface area contributed by atoms with Gasteiger partial charge in [-0.15, -0.1) is 10.2 Å². The van der Waals surface area contributed by atoms with E-state index in [-0.39, 0.29) is 12.5 Å². The fourth-order valence-electron chi connectivity index (χ4n) is 3.56. The van der Waals surface area contributed by atoms with E-state index in [1.54, 1.807) is 7.11 Å². The molecule has 0 spiro atoms. The van der Waals surface area contributed by atoms with Crippen LogP contribution in [-0.2, 0) is 11.4 Å². The number of nitrogens with zero attached hydrogens (tertiary/aromatic N) is 4. The van der Waals surface area contributed by atoms with Crippen LogP contribution >= 0.6 is 11.8 Å². The summed E-state index contributed by atoms with van der Waals surface area (Å²) in [6.07, 6.45) is 3.37. The van der Waals surface area contributed by atoms with E-state index in [1.807, 2.05) is 64.1 Å². The number of likely N-dealkylation sites (tertiary alicyclic amines) is 1. The number of rotatable bonds is 8. The maximum atomic E-state index is 12.6. The lowest BCUT2D eigenvalue weighted by atomic mass is 10.1. The molecule has 0 bridgehead atoms. The number of carbonyl (C=O) groups excluding carboxylic acids is 1. The number of amides is 1. The summed E-state index contributed by atoms with van der Waals surface area (Å²) in [5.74, 6) is 2.46. The molecule has 0 atom stereocenters. The van der Waals surface area contributed by atoms with Gasteiger partial charge in [-0.05, 0) is 43.5 Å². The third-order valence-corrected chi connectivity index (χ3v) is 6.09. The van der Waals surface area contributed by atoms with Gasteiger partial charge in [-0.2, -0.15) is 0 Å². The van der Waals surface area contributed by atoms with Crippen LogP contribution in [0.1, 0.15) is 25.1 Å². The Kier molecular flexibility index (Phi) is 7.09. The maximum Gasteiger partial charge on any atom is 0.233 e. The Morgan fingerprint density at radius 3 is 2.42 bits per heavy atom. The molecule has 31 heavy (non-hydrogen) atoms. The van der Waals surface area contributed by atoms with Crippen LogP contribution in [0.25, 0.3) is 5.69 Å². The number of aromatic nitrogens is 3. The molecule has 1 amide bonds. The predicted octanol–water partition coefficient (Wildman–Crippen LogP) is 3.96. The minimum atomic E-state index is 0.152. The van der Waals surface area contributed by atoms with Crippen molar-refractivity contribution in [3.8, 4) is 17.2 Å². The van der Waals surface area contributed by atoms with E-state index in [0.29, 0.717) is 28.2 Å².